The van der Waals surface area contributed by atoms with Crippen LogP contribution in [0, 0.1) is 0 Å². The minimum atomic E-state index is -4.60. The minimum absolute atomic E-state index is 0.0104. The van der Waals surface area contributed by atoms with Gasteiger partial charge in [-0.3, -0.25) is 4.79 Å². The highest BCUT2D eigenvalue weighted by Gasteiger charge is 2.33. The van der Waals surface area contributed by atoms with Gasteiger partial charge in [-0.2, -0.15) is 13.2 Å². The van der Waals surface area contributed by atoms with Crippen molar-refractivity contribution in [2.75, 3.05) is 18.5 Å². The molecule has 1 N–H and O–H groups in total. The third kappa shape index (κ3) is 9.09. The van der Waals surface area contributed by atoms with E-state index >= 15 is 0 Å². The van der Waals surface area contributed by atoms with E-state index in [9.17, 15) is 18.0 Å². The molecule has 0 unspecified atom stereocenters. The number of rotatable bonds is 12. The van der Waals surface area contributed by atoms with Crippen molar-refractivity contribution in [3.8, 4) is 11.5 Å². The van der Waals surface area contributed by atoms with Crippen LogP contribution >= 0.6 is 11.6 Å². The molecule has 2 aromatic rings. The molecule has 0 aliphatic rings. The summed E-state index contributed by atoms with van der Waals surface area (Å²) >= 11 is 5.57. The van der Waals surface area contributed by atoms with Gasteiger partial charge in [0.1, 0.15) is 11.5 Å². The molecule has 0 bridgehead atoms. The monoisotopic (exact) mass is 457 g/mol. The highest BCUT2D eigenvalue weighted by molar-refractivity contribution is 6.31. The molecule has 0 spiro atoms. The van der Waals surface area contributed by atoms with Gasteiger partial charge in [0, 0.05) is 5.69 Å². The molecule has 0 saturated heterocycles. The molecule has 8 heteroatoms. The Balaban J connectivity index is 1.74. The summed E-state index contributed by atoms with van der Waals surface area (Å²) in [5.74, 6) is 0.583. The fourth-order valence-corrected chi connectivity index (χ4v) is 3.10. The molecule has 4 nitrogen and oxygen atoms in total. The molecule has 0 fully saturated rings. The number of carbonyl (C=O) groups is 1. The molecular weight excluding hydrogens is 431 g/mol. The lowest BCUT2D eigenvalue weighted by Gasteiger charge is -2.12. The third-order valence-corrected chi connectivity index (χ3v) is 4.85. The molecule has 2 rings (SSSR count). The Kier molecular flexibility index (Phi) is 9.98. The first kappa shape index (κ1) is 24.9. The maximum atomic E-state index is 12.9. The van der Waals surface area contributed by atoms with Gasteiger partial charge in [0.15, 0.2) is 6.61 Å². The first-order valence-corrected chi connectivity index (χ1v) is 10.7. The molecule has 0 aliphatic heterocycles. The van der Waals surface area contributed by atoms with Gasteiger partial charge >= 0.3 is 6.18 Å². The van der Waals surface area contributed by atoms with Crippen molar-refractivity contribution in [3.05, 3.63) is 53.1 Å². The molecule has 0 aliphatic carbocycles. The van der Waals surface area contributed by atoms with E-state index in [2.05, 4.69) is 12.2 Å². The summed E-state index contributed by atoms with van der Waals surface area (Å²) in [6.45, 7) is 2.49. The second-order valence-electron chi connectivity index (χ2n) is 7.12. The molecule has 31 heavy (non-hydrogen) atoms. The summed E-state index contributed by atoms with van der Waals surface area (Å²) in [6, 6.07) is 10.0. The predicted octanol–water partition coefficient (Wildman–Crippen LogP) is 7.12. The van der Waals surface area contributed by atoms with Crippen molar-refractivity contribution in [1.29, 1.82) is 0 Å². The van der Waals surface area contributed by atoms with Crippen LogP contribution in [0.2, 0.25) is 5.02 Å². The molecule has 1 amide bonds. The van der Waals surface area contributed by atoms with E-state index < -0.39 is 22.7 Å². The van der Waals surface area contributed by atoms with Crippen molar-refractivity contribution in [1.82, 2.24) is 0 Å². The molecule has 0 radical (unpaired) electrons. The molecule has 2 aromatic carbocycles. The third-order valence-electron chi connectivity index (χ3n) is 4.52. The standard InChI is InChI=1S/C23H27ClF3NO3/c1-2-3-4-5-6-7-14-30-18-9-11-19(12-10-18)31-16-22(29)28-17-8-13-21(24)20(15-17)23(25,26)27/h8-13,15H,2-7,14,16H2,1H3,(H,28,29). The Morgan fingerprint density at radius 1 is 0.935 bits per heavy atom. The van der Waals surface area contributed by atoms with Crippen LogP contribution in [0.15, 0.2) is 42.5 Å². The average molecular weight is 458 g/mol. The average Bonchev–Trinajstić information content (AvgIpc) is 2.73. The smallest absolute Gasteiger partial charge is 0.417 e. The van der Waals surface area contributed by atoms with Crippen LogP contribution in [0.4, 0.5) is 18.9 Å². The van der Waals surface area contributed by atoms with Crippen LogP contribution in [0.3, 0.4) is 0 Å². The van der Waals surface area contributed by atoms with Gasteiger partial charge in [0.05, 0.1) is 17.2 Å². The van der Waals surface area contributed by atoms with E-state index in [-0.39, 0.29) is 12.3 Å². The number of carbonyl (C=O) groups excluding carboxylic acids is 1. The normalized spacial score (nSPS) is 11.3. The van der Waals surface area contributed by atoms with Crippen LogP contribution in [0.5, 0.6) is 11.5 Å². The van der Waals surface area contributed by atoms with Crippen LogP contribution < -0.4 is 14.8 Å². The van der Waals surface area contributed by atoms with Crippen molar-refractivity contribution in [3.63, 3.8) is 0 Å². The summed E-state index contributed by atoms with van der Waals surface area (Å²) in [7, 11) is 0. The summed E-state index contributed by atoms with van der Waals surface area (Å²) in [5, 5.41) is 1.94. The number of alkyl halides is 3. The highest BCUT2D eigenvalue weighted by atomic mass is 35.5. The number of nitrogens with one attached hydrogen (secondary N) is 1. The maximum absolute atomic E-state index is 12.9. The topological polar surface area (TPSA) is 47.6 Å². The zero-order valence-electron chi connectivity index (χ0n) is 17.4. The van der Waals surface area contributed by atoms with Crippen LogP contribution in [-0.4, -0.2) is 19.1 Å². The van der Waals surface area contributed by atoms with Crippen molar-refractivity contribution >= 4 is 23.2 Å². The SMILES string of the molecule is CCCCCCCCOc1ccc(OCC(=O)Nc2ccc(Cl)c(C(F)(F)F)c2)cc1. The largest absolute Gasteiger partial charge is 0.494 e. The Bertz CT molecular complexity index is 826. The lowest BCUT2D eigenvalue weighted by atomic mass is 10.1. The van der Waals surface area contributed by atoms with Gasteiger partial charge in [-0.1, -0.05) is 50.6 Å². The van der Waals surface area contributed by atoms with Crippen molar-refractivity contribution < 1.29 is 27.4 Å². The number of anilines is 1. The summed E-state index contributed by atoms with van der Waals surface area (Å²) in [5.41, 5.74) is -1.02. The predicted molar refractivity (Wildman–Crippen MR) is 116 cm³/mol. The second kappa shape index (κ2) is 12.4. The van der Waals surface area contributed by atoms with Gasteiger partial charge in [-0.05, 0) is 48.9 Å². The number of ether oxygens (including phenoxy) is 2. The number of unbranched alkanes of at least 4 members (excludes halogenated alkanes) is 5. The quantitative estimate of drug-likeness (QED) is 0.345. The Morgan fingerprint density at radius 3 is 2.19 bits per heavy atom. The highest BCUT2D eigenvalue weighted by Crippen LogP contribution is 2.36. The van der Waals surface area contributed by atoms with Crippen molar-refractivity contribution in [2.45, 2.75) is 51.6 Å². The van der Waals surface area contributed by atoms with E-state index in [1.807, 2.05) is 0 Å². The number of amides is 1. The summed E-state index contributed by atoms with van der Waals surface area (Å²) < 4.78 is 49.8. The zero-order valence-corrected chi connectivity index (χ0v) is 18.2. The Morgan fingerprint density at radius 2 is 1.55 bits per heavy atom. The van der Waals surface area contributed by atoms with E-state index in [1.165, 1.54) is 31.7 Å². The van der Waals surface area contributed by atoms with Gasteiger partial charge in [0.25, 0.3) is 5.91 Å². The zero-order chi connectivity index (χ0) is 22.7. The molecule has 170 valence electrons. The van der Waals surface area contributed by atoms with E-state index in [0.717, 1.165) is 25.0 Å². The molecular formula is C23H27ClF3NO3. The number of halogens is 4. The Hall–Kier alpha value is -2.41. The van der Waals surface area contributed by atoms with Crippen LogP contribution in [-0.2, 0) is 11.0 Å². The lowest BCUT2D eigenvalue weighted by Crippen LogP contribution is -2.20. The first-order chi connectivity index (χ1) is 14.8. The van der Waals surface area contributed by atoms with Crippen molar-refractivity contribution in [2.24, 2.45) is 0 Å². The van der Waals surface area contributed by atoms with E-state index in [4.69, 9.17) is 21.1 Å². The summed E-state index contributed by atoms with van der Waals surface area (Å²) in [4.78, 5) is 12.0. The second-order valence-corrected chi connectivity index (χ2v) is 7.52. The fourth-order valence-electron chi connectivity index (χ4n) is 2.87. The van der Waals surface area contributed by atoms with E-state index in [0.29, 0.717) is 18.1 Å². The van der Waals surface area contributed by atoms with Gasteiger partial charge in [-0.25, -0.2) is 0 Å². The van der Waals surface area contributed by atoms with Gasteiger partial charge in [0.2, 0.25) is 0 Å². The van der Waals surface area contributed by atoms with Crippen LogP contribution in [0.25, 0.3) is 0 Å². The minimum Gasteiger partial charge on any atom is -0.494 e. The maximum Gasteiger partial charge on any atom is 0.417 e. The summed E-state index contributed by atoms with van der Waals surface area (Å²) in [6.07, 6.45) is 2.53. The molecule has 0 aromatic heterocycles. The van der Waals surface area contributed by atoms with Gasteiger partial charge in [-0.15, -0.1) is 0 Å². The molecule has 0 atom stereocenters. The number of hydrogen-bond donors (Lipinski definition) is 1. The molecule has 0 heterocycles. The Labute approximate surface area is 185 Å². The van der Waals surface area contributed by atoms with Crippen LogP contribution in [0.1, 0.15) is 51.0 Å². The number of hydrogen-bond acceptors (Lipinski definition) is 3. The fraction of sp³-hybridized carbons (Fsp3) is 0.435. The van der Waals surface area contributed by atoms with E-state index in [1.54, 1.807) is 24.3 Å². The lowest BCUT2D eigenvalue weighted by molar-refractivity contribution is -0.137. The van der Waals surface area contributed by atoms with Gasteiger partial charge < -0.3 is 14.8 Å². The number of benzene rings is 2. The first-order valence-electron chi connectivity index (χ1n) is 10.3. The molecule has 0 saturated carbocycles.